The van der Waals surface area contributed by atoms with Gasteiger partial charge in [-0.15, -0.1) is 0 Å². The molecule has 2 aromatic heterocycles. The molecule has 0 radical (unpaired) electrons. The van der Waals surface area contributed by atoms with E-state index >= 15 is 0 Å². The molecule has 0 saturated heterocycles. The van der Waals surface area contributed by atoms with Gasteiger partial charge in [0.2, 0.25) is 5.69 Å². The fourth-order valence-corrected chi connectivity index (χ4v) is 5.36. The van der Waals surface area contributed by atoms with E-state index in [0.717, 1.165) is 27.9 Å². The van der Waals surface area contributed by atoms with Crippen molar-refractivity contribution in [3.05, 3.63) is 83.2 Å². The van der Waals surface area contributed by atoms with Gasteiger partial charge in [-0.05, 0) is 48.0 Å². The molecule has 4 aromatic rings. The predicted molar refractivity (Wildman–Crippen MR) is 129 cm³/mol. The van der Waals surface area contributed by atoms with E-state index in [9.17, 15) is 0 Å². The van der Waals surface area contributed by atoms with E-state index in [2.05, 4.69) is 65.0 Å². The number of pyridine rings is 2. The Labute approximate surface area is 189 Å². The molecule has 2 heterocycles. The number of hydrogen-bond donors (Lipinski definition) is 0. The molecule has 0 aliphatic heterocycles. The maximum Gasteiger partial charge on any atom is 0.213 e. The van der Waals surface area contributed by atoms with Crippen LogP contribution in [0.25, 0.3) is 33.3 Å². The van der Waals surface area contributed by atoms with Gasteiger partial charge in [0.1, 0.15) is 7.05 Å². The van der Waals surface area contributed by atoms with Gasteiger partial charge in [0, 0.05) is 43.9 Å². The minimum Gasteiger partial charge on any atom is -0.256 e. The standard InChI is InChI=1S/C29H31N2/c1-18-12-15-24(31(7)17-18)25-19(2)13-14-22-26(25)21-16-30-23-11-9-8-10-20(23)27(21)29(5,6)28(22,3)4/h8-17H,1-7H3/q+1/i1D3. The molecule has 31 heavy (non-hydrogen) atoms. The van der Waals surface area contributed by atoms with Crippen molar-refractivity contribution >= 4 is 10.9 Å². The molecule has 2 heteroatoms. The van der Waals surface area contributed by atoms with Crippen LogP contribution in [0.1, 0.15) is 54.1 Å². The number of hydrogen-bond acceptors (Lipinski definition) is 1. The zero-order valence-corrected chi connectivity index (χ0v) is 19.2. The highest BCUT2D eigenvalue weighted by Gasteiger charge is 2.48. The lowest BCUT2D eigenvalue weighted by molar-refractivity contribution is -0.660. The van der Waals surface area contributed by atoms with Gasteiger partial charge in [0.15, 0.2) is 6.20 Å². The van der Waals surface area contributed by atoms with Gasteiger partial charge in [0.25, 0.3) is 0 Å². The molecule has 0 fully saturated rings. The van der Waals surface area contributed by atoms with Gasteiger partial charge < -0.3 is 0 Å². The van der Waals surface area contributed by atoms with Crippen molar-refractivity contribution in [2.24, 2.45) is 7.05 Å². The number of para-hydroxylation sites is 1. The van der Waals surface area contributed by atoms with Crippen molar-refractivity contribution in [3.63, 3.8) is 0 Å². The maximum absolute atomic E-state index is 7.82. The van der Waals surface area contributed by atoms with Crippen LogP contribution in [0.2, 0.25) is 0 Å². The molecule has 0 saturated carbocycles. The van der Waals surface area contributed by atoms with Crippen LogP contribution in [0.3, 0.4) is 0 Å². The summed E-state index contributed by atoms with van der Waals surface area (Å²) >= 11 is 0. The zero-order valence-electron chi connectivity index (χ0n) is 22.2. The summed E-state index contributed by atoms with van der Waals surface area (Å²) in [6.07, 6.45) is 3.77. The van der Waals surface area contributed by atoms with Crippen molar-refractivity contribution in [2.45, 2.75) is 52.3 Å². The van der Waals surface area contributed by atoms with E-state index < -0.39 is 6.85 Å². The fraction of sp³-hybridized carbons (Fsp3) is 0.310. The first-order valence-corrected chi connectivity index (χ1v) is 10.9. The summed E-state index contributed by atoms with van der Waals surface area (Å²) in [5.74, 6) is 0. The predicted octanol–water partition coefficient (Wildman–Crippen LogP) is 6.58. The molecule has 0 spiro atoms. The lowest BCUT2D eigenvalue weighted by Gasteiger charge is -2.49. The van der Waals surface area contributed by atoms with E-state index in [1.807, 2.05) is 29.9 Å². The Morgan fingerprint density at radius 2 is 1.68 bits per heavy atom. The topological polar surface area (TPSA) is 16.8 Å². The number of aromatic nitrogens is 2. The largest absolute Gasteiger partial charge is 0.256 e. The Morgan fingerprint density at radius 3 is 2.42 bits per heavy atom. The molecule has 156 valence electrons. The minimum atomic E-state index is -2.14. The van der Waals surface area contributed by atoms with Gasteiger partial charge in [-0.3, -0.25) is 4.98 Å². The van der Waals surface area contributed by atoms with Crippen molar-refractivity contribution in [2.75, 3.05) is 0 Å². The normalized spacial score (nSPS) is 17.9. The molecule has 0 amide bonds. The van der Waals surface area contributed by atoms with Crippen LogP contribution in [-0.4, -0.2) is 4.98 Å². The lowest BCUT2D eigenvalue weighted by Crippen LogP contribution is -2.44. The SMILES string of the molecule is [2H]C([2H])([2H])c1ccc(-c2c(C)ccc3c2-c2cnc4ccccc4c2C(C)(C)C3(C)C)[n+](C)c1. The molecule has 2 aromatic carbocycles. The second-order valence-corrected chi connectivity index (χ2v) is 9.91. The Hall–Kier alpha value is -3.00. The quantitative estimate of drug-likeness (QED) is 0.324. The monoisotopic (exact) mass is 410 g/mol. The highest BCUT2D eigenvalue weighted by molar-refractivity contribution is 5.97. The molecule has 0 bridgehead atoms. The Morgan fingerprint density at radius 1 is 0.903 bits per heavy atom. The van der Waals surface area contributed by atoms with E-state index in [1.165, 1.54) is 22.1 Å². The van der Waals surface area contributed by atoms with Crippen molar-refractivity contribution in [3.8, 4) is 22.4 Å². The molecule has 5 rings (SSSR count). The highest BCUT2D eigenvalue weighted by Crippen LogP contribution is 2.57. The number of benzene rings is 2. The van der Waals surface area contributed by atoms with E-state index in [1.54, 1.807) is 12.3 Å². The zero-order chi connectivity index (χ0) is 24.6. The third kappa shape index (κ3) is 2.64. The summed E-state index contributed by atoms with van der Waals surface area (Å²) in [6, 6.07) is 16.5. The van der Waals surface area contributed by atoms with Crippen molar-refractivity contribution in [1.29, 1.82) is 0 Å². The molecule has 2 nitrogen and oxygen atoms in total. The summed E-state index contributed by atoms with van der Waals surface area (Å²) in [7, 11) is 1.93. The molecule has 0 atom stereocenters. The Bertz CT molecular complexity index is 1460. The van der Waals surface area contributed by atoms with Gasteiger partial charge in [-0.2, -0.15) is 0 Å². The number of aryl methyl sites for hydroxylation is 3. The van der Waals surface area contributed by atoms with Crippen LogP contribution in [0.4, 0.5) is 0 Å². The van der Waals surface area contributed by atoms with Crippen LogP contribution in [0.15, 0.2) is 60.9 Å². The smallest absolute Gasteiger partial charge is 0.213 e. The van der Waals surface area contributed by atoms with Gasteiger partial charge in [0.05, 0.1) is 11.1 Å². The van der Waals surface area contributed by atoms with Crippen LogP contribution in [0, 0.1) is 13.8 Å². The summed E-state index contributed by atoms with van der Waals surface area (Å²) in [5.41, 5.74) is 9.36. The molecule has 1 aliphatic rings. The molecular formula is C29H31N2+. The van der Waals surface area contributed by atoms with Crippen LogP contribution >= 0.6 is 0 Å². The average molecular weight is 411 g/mol. The van der Waals surface area contributed by atoms with Gasteiger partial charge in [-0.25, -0.2) is 4.57 Å². The van der Waals surface area contributed by atoms with Crippen LogP contribution in [0.5, 0.6) is 0 Å². The third-order valence-electron chi connectivity index (χ3n) is 7.71. The third-order valence-corrected chi connectivity index (χ3v) is 7.71. The molecular weight excluding hydrogens is 376 g/mol. The molecule has 1 aliphatic carbocycles. The highest BCUT2D eigenvalue weighted by atomic mass is 14.9. The molecule has 0 N–H and O–H groups in total. The minimum absolute atomic E-state index is 0.127. The number of fused-ring (bicyclic) bond motifs is 5. The van der Waals surface area contributed by atoms with E-state index in [-0.39, 0.29) is 10.8 Å². The second kappa shape index (κ2) is 6.50. The summed E-state index contributed by atoms with van der Waals surface area (Å²) < 4.78 is 25.4. The van der Waals surface area contributed by atoms with E-state index in [4.69, 9.17) is 9.10 Å². The Balaban J connectivity index is 1.91. The Kier molecular flexibility index (Phi) is 3.49. The number of rotatable bonds is 1. The van der Waals surface area contributed by atoms with Crippen molar-refractivity contribution < 1.29 is 8.68 Å². The summed E-state index contributed by atoms with van der Waals surface area (Å²) in [5, 5.41) is 1.19. The lowest BCUT2D eigenvalue weighted by atomic mass is 9.54. The van der Waals surface area contributed by atoms with Crippen LogP contribution in [-0.2, 0) is 17.9 Å². The van der Waals surface area contributed by atoms with Crippen molar-refractivity contribution in [1.82, 2.24) is 4.98 Å². The summed E-state index contributed by atoms with van der Waals surface area (Å²) in [6.45, 7) is 9.34. The maximum atomic E-state index is 7.82. The number of nitrogens with zero attached hydrogens (tertiary/aromatic N) is 2. The first-order valence-electron chi connectivity index (χ1n) is 12.4. The van der Waals surface area contributed by atoms with Gasteiger partial charge in [-0.1, -0.05) is 58.0 Å². The first kappa shape index (κ1) is 16.7. The molecule has 0 unspecified atom stereocenters. The van der Waals surface area contributed by atoms with Gasteiger partial charge >= 0.3 is 0 Å². The summed E-state index contributed by atoms with van der Waals surface area (Å²) in [4.78, 5) is 4.86. The van der Waals surface area contributed by atoms with E-state index in [0.29, 0.717) is 5.56 Å². The first-order chi connectivity index (χ1) is 15.9. The fourth-order valence-electron chi connectivity index (χ4n) is 5.36. The van der Waals surface area contributed by atoms with Crippen LogP contribution < -0.4 is 4.57 Å². The average Bonchev–Trinajstić information content (AvgIpc) is 2.76. The second-order valence-electron chi connectivity index (χ2n) is 9.91.